The van der Waals surface area contributed by atoms with Crippen LogP contribution < -0.4 is 0 Å². The second kappa shape index (κ2) is 8.52. The van der Waals surface area contributed by atoms with Crippen LogP contribution in [0.2, 0.25) is 0 Å². The summed E-state index contributed by atoms with van der Waals surface area (Å²) in [5, 5.41) is 30.8. The van der Waals surface area contributed by atoms with Gasteiger partial charge in [0.2, 0.25) is 0 Å². The fraction of sp³-hybridized carbons (Fsp3) is 0.926. The van der Waals surface area contributed by atoms with Crippen LogP contribution >= 0.6 is 0 Å². The molecule has 4 aliphatic rings. The molecule has 172 valence electrons. The minimum atomic E-state index is -0.326. The van der Waals surface area contributed by atoms with Crippen LogP contribution in [0.5, 0.6) is 0 Å². The van der Waals surface area contributed by atoms with Gasteiger partial charge in [-0.15, -0.1) is 0 Å². The quantitative estimate of drug-likeness (QED) is 0.511. The number of rotatable bonds is 6. The SMILES string of the molecule is CC(CO)CCC[C@@H](C)[C@H]1CC[C@H]2[C@@H]3[C@H](O)C=C4C[C@@H](O)CC[C@]4(C)[C@@H]3CC[C@]12C. The Bertz CT molecular complexity index is 644. The summed E-state index contributed by atoms with van der Waals surface area (Å²) < 4.78 is 0. The molecular weight excluding hydrogens is 372 g/mol. The Labute approximate surface area is 184 Å². The third-order valence-corrected chi connectivity index (χ3v) is 10.5. The zero-order chi connectivity index (χ0) is 21.7. The average molecular weight is 419 g/mol. The van der Waals surface area contributed by atoms with E-state index in [1.165, 1.54) is 44.1 Å². The van der Waals surface area contributed by atoms with Gasteiger partial charge >= 0.3 is 0 Å². The van der Waals surface area contributed by atoms with Crippen LogP contribution in [0.4, 0.5) is 0 Å². The molecule has 4 rings (SSSR count). The molecule has 0 spiro atoms. The summed E-state index contributed by atoms with van der Waals surface area (Å²) in [6.45, 7) is 9.92. The van der Waals surface area contributed by atoms with Gasteiger partial charge in [-0.2, -0.15) is 0 Å². The molecule has 0 heterocycles. The lowest BCUT2D eigenvalue weighted by molar-refractivity contribution is -0.0971. The van der Waals surface area contributed by atoms with E-state index >= 15 is 0 Å². The first-order chi connectivity index (χ1) is 14.2. The minimum absolute atomic E-state index is 0.189. The maximum absolute atomic E-state index is 11.3. The zero-order valence-corrected chi connectivity index (χ0v) is 19.8. The molecule has 0 radical (unpaired) electrons. The molecule has 4 aliphatic carbocycles. The second-order valence-electron chi connectivity index (χ2n) is 12.2. The molecule has 0 aromatic rings. The second-order valence-corrected chi connectivity index (χ2v) is 12.2. The highest BCUT2D eigenvalue weighted by molar-refractivity contribution is 5.27. The molecule has 3 N–H and O–H groups in total. The molecule has 3 fully saturated rings. The van der Waals surface area contributed by atoms with Crippen LogP contribution in [-0.4, -0.2) is 34.1 Å². The smallest absolute Gasteiger partial charge is 0.0757 e. The Morgan fingerprint density at radius 1 is 1.00 bits per heavy atom. The fourth-order valence-corrected chi connectivity index (χ4v) is 8.69. The Morgan fingerprint density at radius 3 is 2.50 bits per heavy atom. The van der Waals surface area contributed by atoms with Gasteiger partial charge in [-0.05, 0) is 97.7 Å². The normalized spacial score (nSPS) is 47.6. The molecule has 0 amide bonds. The van der Waals surface area contributed by atoms with Crippen molar-refractivity contribution in [3.8, 4) is 0 Å². The first kappa shape index (κ1) is 22.8. The summed E-state index contributed by atoms with van der Waals surface area (Å²) in [7, 11) is 0. The average Bonchev–Trinajstić information content (AvgIpc) is 3.06. The van der Waals surface area contributed by atoms with E-state index in [2.05, 4.69) is 33.8 Å². The minimum Gasteiger partial charge on any atom is -0.396 e. The molecule has 10 atom stereocenters. The summed E-state index contributed by atoms with van der Waals surface area (Å²) >= 11 is 0. The monoisotopic (exact) mass is 418 g/mol. The van der Waals surface area contributed by atoms with E-state index in [0.717, 1.165) is 37.5 Å². The molecule has 1 unspecified atom stereocenters. The van der Waals surface area contributed by atoms with Crippen molar-refractivity contribution in [1.29, 1.82) is 0 Å². The standard InChI is InChI=1S/C27H46O3/c1-17(16-28)6-5-7-18(2)21-8-9-22-25-23(11-13-27(21,22)4)26(3)12-10-20(29)14-19(26)15-24(25)30/h15,17-18,20-25,28-30H,5-14,16H2,1-4H3/t17?,18-,20+,21-,22+,23-,24-,25+,26+,27-/m1/s1. The highest BCUT2D eigenvalue weighted by Crippen LogP contribution is 2.67. The van der Waals surface area contributed by atoms with Crippen LogP contribution in [0.1, 0.15) is 91.9 Å². The van der Waals surface area contributed by atoms with E-state index in [0.29, 0.717) is 35.7 Å². The van der Waals surface area contributed by atoms with Gasteiger partial charge in [-0.25, -0.2) is 0 Å². The largest absolute Gasteiger partial charge is 0.396 e. The first-order valence-corrected chi connectivity index (χ1v) is 12.9. The Balaban J connectivity index is 1.50. The Hall–Kier alpha value is -0.380. The molecule has 0 saturated heterocycles. The van der Waals surface area contributed by atoms with E-state index < -0.39 is 0 Å². The maximum atomic E-state index is 11.3. The third-order valence-electron chi connectivity index (χ3n) is 10.5. The maximum Gasteiger partial charge on any atom is 0.0757 e. The zero-order valence-electron chi connectivity index (χ0n) is 19.8. The van der Waals surface area contributed by atoms with Crippen LogP contribution in [0.15, 0.2) is 11.6 Å². The predicted molar refractivity (Wildman–Crippen MR) is 122 cm³/mol. The van der Waals surface area contributed by atoms with Gasteiger partial charge in [0.15, 0.2) is 0 Å². The van der Waals surface area contributed by atoms with Crippen molar-refractivity contribution < 1.29 is 15.3 Å². The highest BCUT2D eigenvalue weighted by Gasteiger charge is 2.61. The van der Waals surface area contributed by atoms with Gasteiger partial charge in [-0.1, -0.05) is 52.2 Å². The number of aliphatic hydroxyl groups is 3. The Kier molecular flexibility index (Phi) is 6.48. The summed E-state index contributed by atoms with van der Waals surface area (Å²) in [6.07, 6.45) is 13.2. The lowest BCUT2D eigenvalue weighted by Crippen LogP contribution is -2.54. The van der Waals surface area contributed by atoms with Crippen molar-refractivity contribution in [3.05, 3.63) is 11.6 Å². The molecule has 3 nitrogen and oxygen atoms in total. The van der Waals surface area contributed by atoms with Gasteiger partial charge in [0, 0.05) is 6.61 Å². The van der Waals surface area contributed by atoms with E-state index in [-0.39, 0.29) is 17.6 Å². The number of fused-ring (bicyclic) bond motifs is 5. The van der Waals surface area contributed by atoms with Gasteiger partial charge < -0.3 is 15.3 Å². The number of hydrogen-bond donors (Lipinski definition) is 3. The summed E-state index contributed by atoms with van der Waals surface area (Å²) in [5.74, 6) is 3.54. The summed E-state index contributed by atoms with van der Waals surface area (Å²) in [5.41, 5.74) is 1.90. The molecule has 0 aromatic heterocycles. The topological polar surface area (TPSA) is 60.7 Å². The van der Waals surface area contributed by atoms with Crippen molar-refractivity contribution in [1.82, 2.24) is 0 Å². The van der Waals surface area contributed by atoms with Crippen molar-refractivity contribution in [2.45, 2.75) is 104 Å². The van der Waals surface area contributed by atoms with Crippen LogP contribution in [-0.2, 0) is 0 Å². The molecular formula is C27H46O3. The highest BCUT2D eigenvalue weighted by atomic mass is 16.3. The molecule has 0 aromatic carbocycles. The van der Waals surface area contributed by atoms with Crippen LogP contribution in [0.25, 0.3) is 0 Å². The number of aliphatic hydroxyl groups excluding tert-OH is 3. The fourth-order valence-electron chi connectivity index (χ4n) is 8.69. The molecule has 3 saturated carbocycles. The van der Waals surface area contributed by atoms with Gasteiger partial charge in [-0.3, -0.25) is 0 Å². The van der Waals surface area contributed by atoms with Crippen LogP contribution in [0.3, 0.4) is 0 Å². The lowest BCUT2D eigenvalue weighted by atomic mass is 9.46. The van der Waals surface area contributed by atoms with Gasteiger partial charge in [0.1, 0.15) is 0 Å². The number of hydrogen-bond acceptors (Lipinski definition) is 3. The van der Waals surface area contributed by atoms with Crippen molar-refractivity contribution >= 4 is 0 Å². The van der Waals surface area contributed by atoms with Gasteiger partial charge in [0.05, 0.1) is 12.2 Å². The summed E-state index contributed by atoms with van der Waals surface area (Å²) in [6, 6.07) is 0. The van der Waals surface area contributed by atoms with Crippen molar-refractivity contribution in [3.63, 3.8) is 0 Å². The molecule has 3 heteroatoms. The van der Waals surface area contributed by atoms with E-state index in [1.807, 2.05) is 0 Å². The molecule has 30 heavy (non-hydrogen) atoms. The molecule has 0 aliphatic heterocycles. The van der Waals surface area contributed by atoms with E-state index in [4.69, 9.17) is 0 Å². The van der Waals surface area contributed by atoms with E-state index in [9.17, 15) is 15.3 Å². The van der Waals surface area contributed by atoms with Crippen LogP contribution in [0, 0.1) is 46.3 Å². The first-order valence-electron chi connectivity index (χ1n) is 12.9. The third kappa shape index (κ3) is 3.71. The van der Waals surface area contributed by atoms with E-state index in [1.54, 1.807) is 0 Å². The molecule has 0 bridgehead atoms. The van der Waals surface area contributed by atoms with Gasteiger partial charge in [0.25, 0.3) is 0 Å². The summed E-state index contributed by atoms with van der Waals surface area (Å²) in [4.78, 5) is 0. The Morgan fingerprint density at radius 2 is 1.77 bits per heavy atom. The lowest BCUT2D eigenvalue weighted by Gasteiger charge is -2.59. The predicted octanol–water partition coefficient (Wildman–Crippen LogP) is 5.33. The van der Waals surface area contributed by atoms with Crippen molar-refractivity contribution in [2.75, 3.05) is 6.61 Å². The van der Waals surface area contributed by atoms with Crippen molar-refractivity contribution in [2.24, 2.45) is 46.3 Å².